The van der Waals surface area contributed by atoms with Crippen LogP contribution in [0.15, 0.2) is 12.3 Å². The van der Waals surface area contributed by atoms with Crippen LogP contribution in [-0.2, 0) is 0 Å². The minimum atomic E-state index is -0.550. The molecule has 0 bridgehead atoms. The Bertz CT molecular complexity index is 529. The summed E-state index contributed by atoms with van der Waals surface area (Å²) in [7, 11) is 1.63. The average Bonchev–Trinajstić information content (AvgIpc) is 2.42. The van der Waals surface area contributed by atoms with Gasteiger partial charge >= 0.3 is 0 Å². The Kier molecular flexibility index (Phi) is 5.63. The van der Waals surface area contributed by atoms with Gasteiger partial charge in [-0.05, 0) is 19.8 Å². The summed E-state index contributed by atoms with van der Waals surface area (Å²) in [5, 5.41) is 13.7. The number of rotatable bonds is 6. The first-order chi connectivity index (χ1) is 9.77. The molecule has 1 rings (SSSR count). The predicted octanol–water partition coefficient (Wildman–Crippen LogP) is 2.54. The fourth-order valence-corrected chi connectivity index (χ4v) is 1.99. The Morgan fingerprint density at radius 2 is 2.05 bits per heavy atom. The molecule has 0 aliphatic heterocycles. The molecule has 0 fully saturated rings. The van der Waals surface area contributed by atoms with Crippen LogP contribution < -0.4 is 5.32 Å². The van der Waals surface area contributed by atoms with E-state index in [2.05, 4.69) is 10.3 Å². The fraction of sp³-hybridized carbons (Fsp3) is 0.571. The van der Waals surface area contributed by atoms with Crippen molar-refractivity contribution in [2.45, 2.75) is 33.7 Å². The quantitative estimate of drug-likeness (QED) is 0.643. The van der Waals surface area contributed by atoms with E-state index < -0.39 is 4.92 Å². The standard InChI is InChI=1S/C14H22N4O3/c1-9(2)8-17(10(3)4)14(19)12-6-11(18(20)21)7-16-13(12)15-5/h6-7,9-10H,8H2,1-5H3,(H,15,16). The van der Waals surface area contributed by atoms with Crippen molar-refractivity contribution in [3.05, 3.63) is 27.9 Å². The highest BCUT2D eigenvalue weighted by Crippen LogP contribution is 2.22. The van der Waals surface area contributed by atoms with Gasteiger partial charge in [-0.15, -0.1) is 0 Å². The summed E-state index contributed by atoms with van der Waals surface area (Å²) >= 11 is 0. The first-order valence-corrected chi connectivity index (χ1v) is 6.91. The summed E-state index contributed by atoms with van der Waals surface area (Å²) in [6.07, 6.45) is 1.14. The summed E-state index contributed by atoms with van der Waals surface area (Å²) < 4.78 is 0. The molecule has 0 aliphatic rings. The minimum absolute atomic E-state index is 0.00358. The van der Waals surface area contributed by atoms with Gasteiger partial charge in [-0.2, -0.15) is 0 Å². The van der Waals surface area contributed by atoms with Crippen molar-refractivity contribution >= 4 is 17.4 Å². The smallest absolute Gasteiger partial charge is 0.288 e. The van der Waals surface area contributed by atoms with Crippen molar-refractivity contribution in [3.8, 4) is 0 Å². The van der Waals surface area contributed by atoms with Gasteiger partial charge in [-0.25, -0.2) is 4.98 Å². The van der Waals surface area contributed by atoms with Crippen LogP contribution >= 0.6 is 0 Å². The van der Waals surface area contributed by atoms with Crippen LogP contribution in [0.1, 0.15) is 38.1 Å². The van der Waals surface area contributed by atoms with E-state index in [0.29, 0.717) is 18.3 Å². The highest BCUT2D eigenvalue weighted by atomic mass is 16.6. The number of anilines is 1. The van der Waals surface area contributed by atoms with Gasteiger partial charge in [0.2, 0.25) is 0 Å². The number of aromatic nitrogens is 1. The van der Waals surface area contributed by atoms with E-state index in [1.54, 1.807) is 11.9 Å². The highest BCUT2D eigenvalue weighted by Gasteiger charge is 2.24. The third kappa shape index (κ3) is 4.14. The molecule has 0 aliphatic carbocycles. The van der Waals surface area contributed by atoms with Gasteiger partial charge in [0, 0.05) is 25.7 Å². The molecular formula is C14H22N4O3. The Balaban J connectivity index is 3.24. The summed E-state index contributed by atoms with van der Waals surface area (Å²) in [6.45, 7) is 8.47. The molecule has 7 heteroatoms. The number of carbonyl (C=O) groups excluding carboxylic acids is 1. The van der Waals surface area contributed by atoms with E-state index in [0.717, 1.165) is 6.20 Å². The number of nitro groups is 1. The van der Waals surface area contributed by atoms with Gasteiger partial charge in [0.15, 0.2) is 0 Å². The van der Waals surface area contributed by atoms with E-state index in [1.807, 2.05) is 27.7 Å². The molecule has 21 heavy (non-hydrogen) atoms. The molecule has 1 aromatic rings. The van der Waals surface area contributed by atoms with Crippen molar-refractivity contribution in [1.29, 1.82) is 0 Å². The largest absolute Gasteiger partial charge is 0.372 e. The molecule has 116 valence electrons. The third-order valence-corrected chi connectivity index (χ3v) is 3.00. The second kappa shape index (κ2) is 7.01. The molecule has 0 atom stereocenters. The van der Waals surface area contributed by atoms with E-state index in [4.69, 9.17) is 0 Å². The Morgan fingerprint density at radius 1 is 1.43 bits per heavy atom. The van der Waals surface area contributed by atoms with E-state index >= 15 is 0 Å². The summed E-state index contributed by atoms with van der Waals surface area (Å²) in [5.41, 5.74) is 0.0339. The van der Waals surface area contributed by atoms with Crippen LogP contribution in [0.2, 0.25) is 0 Å². The Morgan fingerprint density at radius 3 is 2.48 bits per heavy atom. The first kappa shape index (κ1) is 16.9. The molecule has 0 aromatic carbocycles. The van der Waals surface area contributed by atoms with Crippen LogP contribution in [-0.4, -0.2) is 40.3 Å². The summed E-state index contributed by atoms with van der Waals surface area (Å²) in [4.78, 5) is 28.7. The van der Waals surface area contributed by atoms with Gasteiger partial charge in [0.1, 0.15) is 12.0 Å². The van der Waals surface area contributed by atoms with Crippen molar-refractivity contribution in [3.63, 3.8) is 0 Å². The Hall–Kier alpha value is -2.18. The lowest BCUT2D eigenvalue weighted by molar-refractivity contribution is -0.385. The summed E-state index contributed by atoms with van der Waals surface area (Å²) in [5.74, 6) is 0.403. The molecule has 0 saturated heterocycles. The zero-order chi connectivity index (χ0) is 16.2. The van der Waals surface area contributed by atoms with Gasteiger partial charge in [-0.1, -0.05) is 13.8 Å². The molecule has 1 aromatic heterocycles. The Labute approximate surface area is 124 Å². The monoisotopic (exact) mass is 294 g/mol. The van der Waals surface area contributed by atoms with Crippen LogP contribution in [0.5, 0.6) is 0 Å². The van der Waals surface area contributed by atoms with Crippen LogP contribution in [0.4, 0.5) is 11.5 Å². The number of carbonyl (C=O) groups is 1. The van der Waals surface area contributed by atoms with Crippen LogP contribution in [0.3, 0.4) is 0 Å². The van der Waals surface area contributed by atoms with Crippen molar-refractivity contribution in [1.82, 2.24) is 9.88 Å². The lowest BCUT2D eigenvalue weighted by Gasteiger charge is -2.29. The lowest BCUT2D eigenvalue weighted by Crippen LogP contribution is -2.39. The van der Waals surface area contributed by atoms with E-state index in [1.165, 1.54) is 6.07 Å². The topological polar surface area (TPSA) is 88.4 Å². The molecule has 0 radical (unpaired) electrons. The zero-order valence-corrected chi connectivity index (χ0v) is 13.1. The average molecular weight is 294 g/mol. The molecule has 0 spiro atoms. The fourth-order valence-electron chi connectivity index (χ4n) is 1.99. The second-order valence-corrected chi connectivity index (χ2v) is 5.54. The maximum atomic E-state index is 12.7. The SMILES string of the molecule is CNc1ncc([N+](=O)[O-])cc1C(=O)N(CC(C)C)C(C)C. The predicted molar refractivity (Wildman–Crippen MR) is 81.4 cm³/mol. The van der Waals surface area contributed by atoms with Crippen molar-refractivity contribution in [2.24, 2.45) is 5.92 Å². The molecule has 1 N–H and O–H groups in total. The van der Waals surface area contributed by atoms with Crippen molar-refractivity contribution in [2.75, 3.05) is 18.9 Å². The molecule has 0 unspecified atom stereocenters. The van der Waals surface area contributed by atoms with Gasteiger partial charge in [-0.3, -0.25) is 14.9 Å². The zero-order valence-electron chi connectivity index (χ0n) is 13.1. The number of hydrogen-bond donors (Lipinski definition) is 1. The highest BCUT2D eigenvalue weighted by molar-refractivity contribution is 5.99. The second-order valence-electron chi connectivity index (χ2n) is 5.54. The number of hydrogen-bond acceptors (Lipinski definition) is 5. The van der Waals surface area contributed by atoms with E-state index in [-0.39, 0.29) is 23.2 Å². The lowest BCUT2D eigenvalue weighted by atomic mass is 10.1. The summed E-state index contributed by atoms with van der Waals surface area (Å²) in [6, 6.07) is 1.28. The molecular weight excluding hydrogens is 272 g/mol. The molecule has 7 nitrogen and oxygen atoms in total. The molecule has 1 amide bonds. The number of nitrogens with one attached hydrogen (secondary N) is 1. The first-order valence-electron chi connectivity index (χ1n) is 6.91. The number of nitrogens with zero attached hydrogens (tertiary/aromatic N) is 3. The normalized spacial score (nSPS) is 10.8. The maximum absolute atomic E-state index is 12.7. The van der Waals surface area contributed by atoms with Gasteiger partial charge in [0.05, 0.1) is 10.5 Å². The number of amides is 1. The molecule has 1 heterocycles. The van der Waals surface area contributed by atoms with Crippen LogP contribution in [0, 0.1) is 16.0 Å². The van der Waals surface area contributed by atoms with Gasteiger partial charge in [0.25, 0.3) is 11.6 Å². The van der Waals surface area contributed by atoms with Crippen LogP contribution in [0.25, 0.3) is 0 Å². The minimum Gasteiger partial charge on any atom is -0.372 e. The number of pyridine rings is 1. The third-order valence-electron chi connectivity index (χ3n) is 3.00. The maximum Gasteiger partial charge on any atom is 0.288 e. The molecule has 0 saturated carbocycles. The van der Waals surface area contributed by atoms with Crippen molar-refractivity contribution < 1.29 is 9.72 Å². The van der Waals surface area contributed by atoms with E-state index in [9.17, 15) is 14.9 Å². The van der Waals surface area contributed by atoms with Gasteiger partial charge < -0.3 is 10.2 Å².